The van der Waals surface area contributed by atoms with E-state index in [1.807, 2.05) is 74.3 Å². The van der Waals surface area contributed by atoms with Gasteiger partial charge in [0, 0.05) is 12.2 Å². The third-order valence-electron chi connectivity index (χ3n) is 3.57. The van der Waals surface area contributed by atoms with Crippen molar-refractivity contribution in [2.75, 3.05) is 32.1 Å². The number of carbonyl (C=O) groups is 1. The van der Waals surface area contributed by atoms with Gasteiger partial charge in [0.15, 0.2) is 0 Å². The van der Waals surface area contributed by atoms with E-state index in [1.165, 1.54) is 5.56 Å². The molecule has 0 atom stereocenters. The lowest BCUT2D eigenvalue weighted by Crippen LogP contribution is -2.33. The van der Waals surface area contributed by atoms with E-state index < -0.39 is 0 Å². The molecule has 0 aliphatic rings. The summed E-state index contributed by atoms with van der Waals surface area (Å²) in [7, 11) is 1.91. The smallest absolute Gasteiger partial charge is 0.238 e. The van der Waals surface area contributed by atoms with Gasteiger partial charge in [0.05, 0.1) is 6.54 Å². The second-order valence-corrected chi connectivity index (χ2v) is 5.77. The number of anilines is 1. The maximum absolute atomic E-state index is 12.0. The SMILES string of the molecule is Cc1ccc(NC(=O)CN(C)CCOc2ccccc2C)cc1. The molecular formula is C19H24N2O2. The van der Waals surface area contributed by atoms with Crippen molar-refractivity contribution in [2.24, 2.45) is 0 Å². The van der Waals surface area contributed by atoms with Crippen LogP contribution in [0.4, 0.5) is 5.69 Å². The van der Waals surface area contributed by atoms with E-state index in [1.54, 1.807) is 0 Å². The Morgan fingerprint density at radius 2 is 1.78 bits per heavy atom. The molecule has 2 aromatic carbocycles. The van der Waals surface area contributed by atoms with Crippen molar-refractivity contribution < 1.29 is 9.53 Å². The molecule has 1 N–H and O–H groups in total. The number of carbonyl (C=O) groups excluding carboxylic acids is 1. The van der Waals surface area contributed by atoms with Crippen LogP contribution in [0.2, 0.25) is 0 Å². The maximum atomic E-state index is 12.0. The van der Waals surface area contributed by atoms with Crippen molar-refractivity contribution in [1.29, 1.82) is 0 Å². The number of likely N-dealkylation sites (N-methyl/N-ethyl adjacent to an activating group) is 1. The zero-order valence-electron chi connectivity index (χ0n) is 14.0. The van der Waals surface area contributed by atoms with Crippen molar-refractivity contribution in [1.82, 2.24) is 4.90 Å². The summed E-state index contributed by atoms with van der Waals surface area (Å²) in [5, 5.41) is 2.90. The fraction of sp³-hybridized carbons (Fsp3) is 0.316. The molecule has 0 aromatic heterocycles. The van der Waals surface area contributed by atoms with Crippen LogP contribution in [0.3, 0.4) is 0 Å². The second-order valence-electron chi connectivity index (χ2n) is 5.77. The van der Waals surface area contributed by atoms with Crippen LogP contribution < -0.4 is 10.1 Å². The number of benzene rings is 2. The molecule has 1 amide bonds. The predicted octanol–water partition coefficient (Wildman–Crippen LogP) is 3.25. The number of nitrogens with zero attached hydrogens (tertiary/aromatic N) is 1. The lowest BCUT2D eigenvalue weighted by molar-refractivity contribution is -0.117. The summed E-state index contributed by atoms with van der Waals surface area (Å²) >= 11 is 0. The Balaban J connectivity index is 1.71. The first kappa shape index (κ1) is 17.0. The van der Waals surface area contributed by atoms with E-state index in [0.717, 1.165) is 17.0 Å². The van der Waals surface area contributed by atoms with E-state index in [4.69, 9.17) is 4.74 Å². The van der Waals surface area contributed by atoms with Gasteiger partial charge >= 0.3 is 0 Å². The Hall–Kier alpha value is -2.33. The third kappa shape index (κ3) is 5.75. The normalized spacial score (nSPS) is 10.6. The van der Waals surface area contributed by atoms with Crippen LogP contribution in [0.25, 0.3) is 0 Å². The Morgan fingerprint density at radius 1 is 1.09 bits per heavy atom. The second kappa shape index (κ2) is 8.34. The van der Waals surface area contributed by atoms with Gasteiger partial charge in [-0.1, -0.05) is 35.9 Å². The topological polar surface area (TPSA) is 41.6 Å². The molecule has 4 nitrogen and oxygen atoms in total. The summed E-state index contributed by atoms with van der Waals surface area (Å²) in [6.45, 7) is 5.63. The highest BCUT2D eigenvalue weighted by Gasteiger charge is 2.07. The standard InChI is InChI=1S/C19H24N2O2/c1-15-8-10-17(11-9-15)20-19(22)14-21(3)12-13-23-18-7-5-4-6-16(18)2/h4-11H,12-14H2,1-3H3,(H,20,22). The largest absolute Gasteiger partial charge is 0.492 e. The van der Waals surface area contributed by atoms with E-state index in [-0.39, 0.29) is 5.91 Å². The summed E-state index contributed by atoms with van der Waals surface area (Å²) < 4.78 is 5.75. The minimum absolute atomic E-state index is 0.0211. The quantitative estimate of drug-likeness (QED) is 0.853. The molecule has 2 rings (SSSR count). The highest BCUT2D eigenvalue weighted by atomic mass is 16.5. The first-order valence-electron chi connectivity index (χ1n) is 7.78. The first-order valence-corrected chi connectivity index (χ1v) is 7.78. The minimum Gasteiger partial charge on any atom is -0.492 e. The van der Waals surface area contributed by atoms with Crippen molar-refractivity contribution in [2.45, 2.75) is 13.8 Å². The van der Waals surface area contributed by atoms with Gasteiger partial charge in [0.2, 0.25) is 5.91 Å². The van der Waals surface area contributed by atoms with E-state index >= 15 is 0 Å². The van der Waals surface area contributed by atoms with Crippen LogP contribution in [-0.2, 0) is 4.79 Å². The molecule has 23 heavy (non-hydrogen) atoms. The number of nitrogens with one attached hydrogen (secondary N) is 1. The van der Waals surface area contributed by atoms with Gasteiger partial charge in [0.25, 0.3) is 0 Å². The number of para-hydroxylation sites is 1. The lowest BCUT2D eigenvalue weighted by Gasteiger charge is -2.17. The van der Waals surface area contributed by atoms with Crippen LogP contribution in [0.5, 0.6) is 5.75 Å². The minimum atomic E-state index is -0.0211. The molecule has 4 heteroatoms. The molecule has 0 spiro atoms. The van der Waals surface area contributed by atoms with Gasteiger partial charge in [0.1, 0.15) is 12.4 Å². The molecule has 0 aliphatic carbocycles. The monoisotopic (exact) mass is 312 g/mol. The molecule has 0 fully saturated rings. The molecule has 0 aliphatic heterocycles. The van der Waals surface area contributed by atoms with Crippen molar-refractivity contribution >= 4 is 11.6 Å². The molecular weight excluding hydrogens is 288 g/mol. The molecule has 0 heterocycles. The summed E-state index contributed by atoms with van der Waals surface area (Å²) in [5.74, 6) is 0.872. The Morgan fingerprint density at radius 3 is 2.48 bits per heavy atom. The van der Waals surface area contributed by atoms with E-state index in [2.05, 4.69) is 5.32 Å². The zero-order chi connectivity index (χ0) is 16.7. The van der Waals surface area contributed by atoms with Gasteiger partial charge in [-0.2, -0.15) is 0 Å². The average molecular weight is 312 g/mol. The number of rotatable bonds is 7. The van der Waals surface area contributed by atoms with Gasteiger partial charge in [-0.25, -0.2) is 0 Å². The number of ether oxygens (including phenoxy) is 1. The summed E-state index contributed by atoms with van der Waals surface area (Å²) in [6.07, 6.45) is 0. The highest BCUT2D eigenvalue weighted by molar-refractivity contribution is 5.92. The lowest BCUT2D eigenvalue weighted by atomic mass is 10.2. The Kier molecular flexibility index (Phi) is 6.18. The van der Waals surface area contributed by atoms with Crippen molar-refractivity contribution in [3.8, 4) is 5.75 Å². The van der Waals surface area contributed by atoms with Gasteiger partial charge in [-0.15, -0.1) is 0 Å². The van der Waals surface area contributed by atoms with Gasteiger partial charge in [-0.3, -0.25) is 9.69 Å². The summed E-state index contributed by atoms with van der Waals surface area (Å²) in [4.78, 5) is 13.9. The molecule has 0 saturated carbocycles. The van der Waals surface area contributed by atoms with E-state index in [9.17, 15) is 4.79 Å². The molecule has 122 valence electrons. The summed E-state index contributed by atoms with van der Waals surface area (Å²) in [5.41, 5.74) is 3.12. The summed E-state index contributed by atoms with van der Waals surface area (Å²) in [6, 6.07) is 15.7. The Labute approximate surface area is 138 Å². The number of hydrogen-bond acceptors (Lipinski definition) is 3. The van der Waals surface area contributed by atoms with Crippen molar-refractivity contribution in [3.05, 3.63) is 59.7 Å². The van der Waals surface area contributed by atoms with Crippen LogP contribution in [-0.4, -0.2) is 37.6 Å². The van der Waals surface area contributed by atoms with Crippen LogP contribution >= 0.6 is 0 Å². The average Bonchev–Trinajstić information content (AvgIpc) is 2.51. The Bertz CT molecular complexity index is 638. The van der Waals surface area contributed by atoms with E-state index in [0.29, 0.717) is 19.7 Å². The van der Waals surface area contributed by atoms with Gasteiger partial charge in [-0.05, 0) is 44.7 Å². The van der Waals surface area contributed by atoms with Crippen LogP contribution in [0.15, 0.2) is 48.5 Å². The third-order valence-corrected chi connectivity index (χ3v) is 3.57. The van der Waals surface area contributed by atoms with Crippen LogP contribution in [0, 0.1) is 13.8 Å². The number of amides is 1. The van der Waals surface area contributed by atoms with Gasteiger partial charge < -0.3 is 10.1 Å². The van der Waals surface area contributed by atoms with Crippen LogP contribution in [0.1, 0.15) is 11.1 Å². The number of hydrogen-bond donors (Lipinski definition) is 1. The fourth-order valence-electron chi connectivity index (χ4n) is 2.19. The molecule has 0 saturated heterocycles. The molecule has 0 unspecified atom stereocenters. The fourth-order valence-corrected chi connectivity index (χ4v) is 2.19. The van der Waals surface area contributed by atoms with Crippen molar-refractivity contribution in [3.63, 3.8) is 0 Å². The molecule has 2 aromatic rings. The maximum Gasteiger partial charge on any atom is 0.238 e. The highest BCUT2D eigenvalue weighted by Crippen LogP contribution is 2.15. The number of aryl methyl sites for hydroxylation is 2. The molecule has 0 bridgehead atoms. The first-order chi connectivity index (χ1) is 11.0. The zero-order valence-corrected chi connectivity index (χ0v) is 14.0. The predicted molar refractivity (Wildman–Crippen MR) is 94.0 cm³/mol. The molecule has 0 radical (unpaired) electrons.